The van der Waals surface area contributed by atoms with E-state index in [-0.39, 0.29) is 83.3 Å². The van der Waals surface area contributed by atoms with Gasteiger partial charge in [-0.05, 0) is 28.5 Å². The zero-order chi connectivity index (χ0) is 33.7. The second-order valence-electron chi connectivity index (χ2n) is 12.5. The third-order valence-electron chi connectivity index (χ3n) is 5.58. The van der Waals surface area contributed by atoms with Crippen molar-refractivity contribution in [2.75, 3.05) is 26.8 Å². The molecule has 0 heterocycles. The molecule has 2 atom stereocenters. The molecule has 2 rings (SSSR count). The summed E-state index contributed by atoms with van der Waals surface area (Å²) in [7, 11) is -10.2. The first-order chi connectivity index (χ1) is 20.9. The quantitative estimate of drug-likeness (QED) is 0.0873. The zero-order valence-corrected chi connectivity index (χ0v) is 32.2. The number of rotatable bonds is 16. The van der Waals surface area contributed by atoms with Crippen molar-refractivity contribution in [3.8, 4) is 5.75 Å². The molecule has 0 amide bonds. The smallest absolute Gasteiger partial charge is 1.00 e. The molecule has 1 unspecified atom stereocenters. The molecule has 0 aliphatic heterocycles. The molecule has 13 nitrogen and oxygen atoms in total. The Labute approximate surface area is 315 Å². The normalized spacial score (nSPS) is 13.5. The zero-order valence-electron chi connectivity index (χ0n) is 28.4. The van der Waals surface area contributed by atoms with Crippen molar-refractivity contribution in [2.45, 2.75) is 65.5 Å². The first kappa shape index (κ1) is 42.5. The average Bonchev–Trinajstić information content (AvgIpc) is 2.93. The number of ether oxygens (including phenoxy) is 5. The SMILES string of the molecule is CC(C)(C)COC(=O)OCOP(=O)(OCOC(=O)OCC(C)(C)C)[C@H](CC(Cc1ccccc1)Oc1ccccc1)S(=O)(=O)O.[H-].[K+]. The summed E-state index contributed by atoms with van der Waals surface area (Å²) in [5, 5.41) is 0. The van der Waals surface area contributed by atoms with Gasteiger partial charge in [-0.2, -0.15) is 8.42 Å². The van der Waals surface area contributed by atoms with Gasteiger partial charge in [0.1, 0.15) is 11.9 Å². The molecular formula is C30H44KO13PS. The number of benzene rings is 2. The summed E-state index contributed by atoms with van der Waals surface area (Å²) in [6.45, 7) is 8.67. The van der Waals surface area contributed by atoms with E-state index in [1.54, 1.807) is 60.7 Å². The van der Waals surface area contributed by atoms with Gasteiger partial charge in [0.25, 0.3) is 10.1 Å². The Morgan fingerprint density at radius 1 is 0.783 bits per heavy atom. The fourth-order valence-electron chi connectivity index (χ4n) is 3.51. The molecule has 46 heavy (non-hydrogen) atoms. The van der Waals surface area contributed by atoms with Crippen molar-refractivity contribution in [1.82, 2.24) is 0 Å². The van der Waals surface area contributed by atoms with Gasteiger partial charge in [0.15, 0.2) is 4.99 Å². The summed E-state index contributed by atoms with van der Waals surface area (Å²) in [5.41, 5.74) is -0.0291. The first-order valence-corrected chi connectivity index (χ1v) is 17.2. The third-order valence-corrected chi connectivity index (χ3v) is 9.88. The van der Waals surface area contributed by atoms with Crippen molar-refractivity contribution in [2.24, 2.45) is 10.8 Å². The van der Waals surface area contributed by atoms with Crippen LogP contribution in [-0.2, 0) is 49.1 Å². The summed E-state index contributed by atoms with van der Waals surface area (Å²) in [5.74, 6) is 0.374. The van der Waals surface area contributed by atoms with Crippen molar-refractivity contribution in [3.05, 3.63) is 66.2 Å². The maximum absolute atomic E-state index is 14.1. The van der Waals surface area contributed by atoms with Crippen LogP contribution < -0.4 is 56.1 Å². The molecule has 2 aromatic rings. The van der Waals surface area contributed by atoms with E-state index in [2.05, 4.69) is 0 Å². The number of para-hydroxylation sites is 1. The van der Waals surface area contributed by atoms with E-state index in [0.717, 1.165) is 5.56 Å². The van der Waals surface area contributed by atoms with Gasteiger partial charge in [-0.3, -0.25) is 18.2 Å². The third kappa shape index (κ3) is 17.6. The molecule has 0 fully saturated rings. The number of hydrogen-bond acceptors (Lipinski definition) is 12. The molecule has 0 aliphatic carbocycles. The Bertz CT molecular complexity index is 1290. The van der Waals surface area contributed by atoms with Crippen LogP contribution in [0.2, 0.25) is 0 Å². The van der Waals surface area contributed by atoms with Crippen LogP contribution in [0.15, 0.2) is 60.7 Å². The molecule has 0 spiro atoms. The van der Waals surface area contributed by atoms with Gasteiger partial charge >= 0.3 is 71.3 Å². The van der Waals surface area contributed by atoms with Gasteiger partial charge < -0.3 is 25.1 Å². The molecule has 0 saturated carbocycles. The van der Waals surface area contributed by atoms with Gasteiger partial charge in [0, 0.05) is 12.8 Å². The average molecular weight is 715 g/mol. The van der Waals surface area contributed by atoms with Crippen LogP contribution in [-0.4, -0.2) is 63.2 Å². The minimum absolute atomic E-state index is 0. The van der Waals surface area contributed by atoms with Crippen LogP contribution in [0.4, 0.5) is 9.59 Å². The number of hydrogen-bond donors (Lipinski definition) is 1. The molecule has 1 N–H and O–H groups in total. The summed E-state index contributed by atoms with van der Waals surface area (Å²) < 4.78 is 85.9. The van der Waals surface area contributed by atoms with Crippen LogP contribution >= 0.6 is 7.60 Å². The summed E-state index contributed by atoms with van der Waals surface area (Å²) in [6.07, 6.45) is -3.83. The molecule has 2 aromatic carbocycles. The van der Waals surface area contributed by atoms with Crippen LogP contribution in [0.3, 0.4) is 0 Å². The molecule has 0 saturated heterocycles. The largest absolute Gasteiger partial charge is 1.00 e. The van der Waals surface area contributed by atoms with E-state index in [9.17, 15) is 27.1 Å². The first-order valence-electron chi connectivity index (χ1n) is 14.1. The summed E-state index contributed by atoms with van der Waals surface area (Å²) in [4.78, 5) is 21.9. The minimum Gasteiger partial charge on any atom is -1.00 e. The molecule has 254 valence electrons. The monoisotopic (exact) mass is 714 g/mol. The summed E-state index contributed by atoms with van der Waals surface area (Å²) in [6, 6.07) is 17.4. The minimum atomic E-state index is -5.20. The van der Waals surface area contributed by atoms with E-state index in [1.165, 1.54) is 0 Å². The number of carbonyl (C=O) groups excluding carboxylic acids is 2. The maximum Gasteiger partial charge on any atom is 1.00 e. The van der Waals surface area contributed by atoms with E-state index >= 15 is 0 Å². The van der Waals surface area contributed by atoms with Crippen molar-refractivity contribution in [1.29, 1.82) is 0 Å². The number of carbonyl (C=O) groups is 2. The van der Waals surface area contributed by atoms with Crippen molar-refractivity contribution >= 4 is 30.0 Å². The Kier molecular flexibility index (Phi) is 18.0. The second-order valence-corrected chi connectivity index (χ2v) is 16.6. The van der Waals surface area contributed by atoms with Gasteiger partial charge in [-0.1, -0.05) is 90.1 Å². The van der Waals surface area contributed by atoms with Gasteiger partial charge in [-0.15, -0.1) is 0 Å². The molecule has 0 aliphatic rings. The van der Waals surface area contributed by atoms with Crippen molar-refractivity contribution < 1.29 is 113 Å². The predicted molar refractivity (Wildman–Crippen MR) is 165 cm³/mol. The second kappa shape index (κ2) is 19.5. The van der Waals surface area contributed by atoms with Crippen LogP contribution in [0, 0.1) is 10.8 Å². The van der Waals surface area contributed by atoms with E-state index in [1.807, 2.05) is 41.5 Å². The van der Waals surface area contributed by atoms with E-state index in [4.69, 9.17) is 32.7 Å². The topological polar surface area (TPSA) is 170 Å². The van der Waals surface area contributed by atoms with Crippen LogP contribution in [0.5, 0.6) is 5.75 Å². The fraction of sp³-hybridized carbons (Fsp3) is 0.533. The summed E-state index contributed by atoms with van der Waals surface area (Å²) >= 11 is 0. The standard InChI is InChI=1S/C30H43O13PS.K.H/c1-29(2,3)19-37-27(31)39-21-41-44(33,42-22-40-28(32)38-20-30(4,5)6)26(45(34,35)36)18-25(17-23-13-9-7-10-14-23)43-24-15-11-8-12-16-24;;/h7-16,25-26H,17-22H2,1-6H3,(H,34,35,36);;/q;+1;-1/t25?,26-;;/m0../s1. The molecule has 0 aromatic heterocycles. The Morgan fingerprint density at radius 2 is 1.22 bits per heavy atom. The molecular weight excluding hydrogens is 670 g/mol. The van der Waals surface area contributed by atoms with Gasteiger partial charge in [-0.25, -0.2) is 9.59 Å². The Balaban J connectivity index is 0.0000106. The van der Waals surface area contributed by atoms with Gasteiger partial charge in [0.05, 0.1) is 13.2 Å². The molecule has 0 radical (unpaired) electrons. The Morgan fingerprint density at radius 3 is 1.63 bits per heavy atom. The fourth-order valence-corrected chi connectivity index (χ4v) is 6.94. The maximum atomic E-state index is 14.1. The molecule has 16 heteroatoms. The van der Waals surface area contributed by atoms with Crippen molar-refractivity contribution in [3.63, 3.8) is 0 Å². The molecule has 0 bridgehead atoms. The predicted octanol–water partition coefficient (Wildman–Crippen LogP) is 3.94. The van der Waals surface area contributed by atoms with Gasteiger partial charge in [0.2, 0.25) is 13.6 Å². The van der Waals surface area contributed by atoms with Crippen LogP contribution in [0.25, 0.3) is 0 Å². The van der Waals surface area contributed by atoms with E-state index < -0.39 is 61.1 Å². The van der Waals surface area contributed by atoms with E-state index in [0.29, 0.717) is 5.75 Å². The van der Waals surface area contributed by atoms with Crippen LogP contribution in [0.1, 0.15) is 55.0 Å². The Hall–Kier alpha value is -1.52.